The zero-order valence-corrected chi connectivity index (χ0v) is 12.5. The molecule has 1 rings (SSSR count). The maximum atomic E-state index is 12.2. The number of amides is 1. The summed E-state index contributed by atoms with van der Waals surface area (Å²) in [6.45, 7) is 4.10. The van der Waals surface area contributed by atoms with Crippen LogP contribution in [0.2, 0.25) is 0 Å². The summed E-state index contributed by atoms with van der Waals surface area (Å²) in [5.41, 5.74) is 5.53. The van der Waals surface area contributed by atoms with Crippen LogP contribution in [-0.4, -0.2) is 33.7 Å². The van der Waals surface area contributed by atoms with Crippen LogP contribution in [0.15, 0.2) is 0 Å². The van der Waals surface area contributed by atoms with E-state index in [1.54, 1.807) is 6.26 Å². The maximum absolute atomic E-state index is 12.2. The Balaban J connectivity index is 2.45. The number of nitrogens with one attached hydrogen (secondary N) is 1. The van der Waals surface area contributed by atoms with Gasteiger partial charge in [0.25, 0.3) is 0 Å². The first kappa shape index (κ1) is 15.6. The van der Waals surface area contributed by atoms with Crippen molar-refractivity contribution in [1.29, 1.82) is 0 Å². The molecule has 4 unspecified atom stereocenters. The fourth-order valence-corrected chi connectivity index (χ4v) is 3.27. The summed E-state index contributed by atoms with van der Waals surface area (Å²) >= 11 is 0. The van der Waals surface area contributed by atoms with E-state index in [2.05, 4.69) is 12.2 Å². The average molecular weight is 274 g/mol. The highest BCUT2D eigenvalue weighted by Gasteiger charge is 2.38. The molecule has 0 spiro atoms. The summed E-state index contributed by atoms with van der Waals surface area (Å²) in [6.07, 6.45) is 6.15. The Morgan fingerprint density at radius 1 is 1.61 bits per heavy atom. The van der Waals surface area contributed by atoms with Gasteiger partial charge in [0.05, 0.1) is 5.54 Å². The molecule has 0 radical (unpaired) electrons. The van der Waals surface area contributed by atoms with E-state index in [4.69, 9.17) is 5.73 Å². The Labute approximate surface area is 113 Å². The molecule has 0 aliphatic heterocycles. The first-order valence-corrected chi connectivity index (χ1v) is 8.46. The van der Waals surface area contributed by atoms with Crippen LogP contribution in [0, 0.1) is 5.92 Å². The predicted octanol–water partition coefficient (Wildman–Crippen LogP) is 1.17. The summed E-state index contributed by atoms with van der Waals surface area (Å²) < 4.78 is 11.0. The van der Waals surface area contributed by atoms with Gasteiger partial charge in [0.2, 0.25) is 5.91 Å². The van der Waals surface area contributed by atoms with E-state index in [0.29, 0.717) is 11.7 Å². The summed E-state index contributed by atoms with van der Waals surface area (Å²) in [6, 6.07) is 0.0408. The normalized spacial score (nSPS) is 31.7. The van der Waals surface area contributed by atoms with Gasteiger partial charge >= 0.3 is 0 Å². The van der Waals surface area contributed by atoms with Crippen molar-refractivity contribution >= 4 is 16.7 Å². The second-order valence-corrected chi connectivity index (χ2v) is 7.35. The zero-order valence-electron chi connectivity index (χ0n) is 11.7. The Hall–Kier alpha value is -0.420. The summed E-state index contributed by atoms with van der Waals surface area (Å²) in [5.74, 6) is 1.10. The van der Waals surface area contributed by atoms with E-state index >= 15 is 0 Å². The topological polar surface area (TPSA) is 72.2 Å². The van der Waals surface area contributed by atoms with Gasteiger partial charge < -0.3 is 11.1 Å². The lowest BCUT2D eigenvalue weighted by Crippen LogP contribution is -2.57. The van der Waals surface area contributed by atoms with Gasteiger partial charge in [0.15, 0.2) is 0 Å². The third-order valence-corrected chi connectivity index (χ3v) is 4.51. The van der Waals surface area contributed by atoms with Crippen molar-refractivity contribution in [2.24, 2.45) is 11.7 Å². The SMILES string of the molecule is CC1CCCC(N)(C(=O)NC(C)CCS(C)=O)C1. The molecule has 0 aromatic carbocycles. The lowest BCUT2D eigenvalue weighted by molar-refractivity contribution is -0.128. The minimum Gasteiger partial charge on any atom is -0.352 e. The van der Waals surface area contributed by atoms with Crippen molar-refractivity contribution in [2.45, 2.75) is 57.5 Å². The number of nitrogens with two attached hydrogens (primary N) is 1. The van der Waals surface area contributed by atoms with Crippen molar-refractivity contribution < 1.29 is 9.00 Å². The lowest BCUT2D eigenvalue weighted by Gasteiger charge is -2.36. The van der Waals surface area contributed by atoms with Crippen molar-refractivity contribution in [1.82, 2.24) is 5.32 Å². The van der Waals surface area contributed by atoms with Gasteiger partial charge in [0, 0.05) is 28.9 Å². The molecule has 106 valence electrons. The third kappa shape index (κ3) is 4.69. The Kier molecular flexibility index (Phi) is 5.79. The molecule has 0 heterocycles. The molecule has 3 N–H and O–H groups in total. The molecule has 1 aliphatic rings. The Morgan fingerprint density at radius 3 is 2.83 bits per heavy atom. The molecule has 18 heavy (non-hydrogen) atoms. The number of hydrogen-bond donors (Lipinski definition) is 2. The molecule has 0 bridgehead atoms. The minimum atomic E-state index is -0.804. The van der Waals surface area contributed by atoms with Crippen LogP contribution in [0.1, 0.15) is 46.0 Å². The number of rotatable bonds is 5. The molecule has 1 saturated carbocycles. The van der Waals surface area contributed by atoms with E-state index in [0.717, 1.165) is 32.1 Å². The quantitative estimate of drug-likeness (QED) is 0.790. The summed E-state index contributed by atoms with van der Waals surface area (Å²) in [4.78, 5) is 12.2. The van der Waals surface area contributed by atoms with E-state index in [9.17, 15) is 9.00 Å². The van der Waals surface area contributed by atoms with E-state index in [1.165, 1.54) is 0 Å². The smallest absolute Gasteiger partial charge is 0.240 e. The van der Waals surface area contributed by atoms with Crippen molar-refractivity contribution in [3.8, 4) is 0 Å². The highest BCUT2D eigenvalue weighted by Crippen LogP contribution is 2.30. The van der Waals surface area contributed by atoms with Crippen LogP contribution < -0.4 is 11.1 Å². The minimum absolute atomic E-state index is 0.0385. The van der Waals surface area contributed by atoms with Gasteiger partial charge in [0.1, 0.15) is 0 Å². The molecule has 5 heteroatoms. The molecule has 1 aliphatic carbocycles. The van der Waals surface area contributed by atoms with Crippen LogP contribution in [0.3, 0.4) is 0 Å². The molecule has 1 fully saturated rings. The van der Waals surface area contributed by atoms with Crippen molar-refractivity contribution in [3.05, 3.63) is 0 Å². The number of carbonyl (C=O) groups is 1. The first-order valence-electron chi connectivity index (χ1n) is 6.73. The third-order valence-electron chi connectivity index (χ3n) is 3.70. The molecule has 4 nitrogen and oxygen atoms in total. The largest absolute Gasteiger partial charge is 0.352 e. The van der Waals surface area contributed by atoms with Gasteiger partial charge in [-0.3, -0.25) is 9.00 Å². The number of hydrogen-bond acceptors (Lipinski definition) is 3. The molecule has 1 amide bonds. The molecule has 4 atom stereocenters. The molecular weight excluding hydrogens is 248 g/mol. The van der Waals surface area contributed by atoms with Crippen molar-refractivity contribution in [3.63, 3.8) is 0 Å². The second-order valence-electron chi connectivity index (χ2n) is 5.80. The Bertz CT molecular complexity index is 322. The van der Waals surface area contributed by atoms with Crippen LogP contribution in [0.5, 0.6) is 0 Å². The van der Waals surface area contributed by atoms with Crippen LogP contribution in [0.4, 0.5) is 0 Å². The van der Waals surface area contributed by atoms with E-state index < -0.39 is 16.3 Å². The highest BCUT2D eigenvalue weighted by molar-refractivity contribution is 7.84. The van der Waals surface area contributed by atoms with Crippen LogP contribution >= 0.6 is 0 Å². The van der Waals surface area contributed by atoms with Gasteiger partial charge in [-0.2, -0.15) is 0 Å². The van der Waals surface area contributed by atoms with Crippen LogP contribution in [-0.2, 0) is 15.6 Å². The van der Waals surface area contributed by atoms with Gasteiger partial charge in [-0.05, 0) is 32.1 Å². The van der Waals surface area contributed by atoms with E-state index in [1.807, 2.05) is 6.92 Å². The second kappa shape index (κ2) is 6.66. The zero-order chi connectivity index (χ0) is 13.8. The monoisotopic (exact) mass is 274 g/mol. The predicted molar refractivity (Wildman–Crippen MR) is 75.7 cm³/mol. The fourth-order valence-electron chi connectivity index (χ4n) is 2.58. The van der Waals surface area contributed by atoms with Gasteiger partial charge in [-0.15, -0.1) is 0 Å². The van der Waals surface area contributed by atoms with Crippen molar-refractivity contribution in [2.75, 3.05) is 12.0 Å². The number of carbonyl (C=O) groups excluding carboxylic acids is 1. The molecule has 0 aromatic rings. The summed E-state index contributed by atoms with van der Waals surface area (Å²) in [7, 11) is -0.804. The first-order chi connectivity index (χ1) is 8.33. The molecule has 0 saturated heterocycles. The lowest BCUT2D eigenvalue weighted by atomic mass is 9.76. The average Bonchev–Trinajstić information content (AvgIpc) is 2.26. The van der Waals surface area contributed by atoms with Gasteiger partial charge in [-0.25, -0.2) is 0 Å². The molecule has 0 aromatic heterocycles. The highest BCUT2D eigenvalue weighted by atomic mass is 32.2. The fraction of sp³-hybridized carbons (Fsp3) is 0.923. The molecular formula is C13H26N2O2S. The van der Waals surface area contributed by atoms with Crippen LogP contribution in [0.25, 0.3) is 0 Å². The standard InChI is InChI=1S/C13H26N2O2S/c1-10-5-4-7-13(14,9-10)12(16)15-11(2)6-8-18(3)17/h10-11H,4-9,14H2,1-3H3,(H,15,16). The Morgan fingerprint density at radius 2 is 2.28 bits per heavy atom. The summed E-state index contributed by atoms with van der Waals surface area (Å²) in [5, 5.41) is 2.97. The van der Waals surface area contributed by atoms with E-state index in [-0.39, 0.29) is 11.9 Å². The maximum Gasteiger partial charge on any atom is 0.240 e. The van der Waals surface area contributed by atoms with Gasteiger partial charge in [-0.1, -0.05) is 19.8 Å².